The lowest BCUT2D eigenvalue weighted by Gasteiger charge is -2.12. The second-order valence-corrected chi connectivity index (χ2v) is 5.31. The zero-order valence-electron chi connectivity index (χ0n) is 11.0. The fraction of sp³-hybridized carbons (Fsp3) is 0.357. The molecule has 0 saturated carbocycles. The lowest BCUT2D eigenvalue weighted by Crippen LogP contribution is -2.10. The minimum atomic E-state index is -1.71. The molecule has 0 amide bonds. The van der Waals surface area contributed by atoms with Crippen molar-refractivity contribution in [1.29, 1.82) is 0 Å². The zero-order valence-corrected chi connectivity index (χ0v) is 11.8. The SMILES string of the molecule is Cc1cccc(Cl)c1-c1noc(C(C)(C)F)c1CO. The maximum atomic E-state index is 14.0. The molecule has 2 aromatic rings. The Hall–Kier alpha value is -1.39. The van der Waals surface area contributed by atoms with Crippen LogP contribution in [-0.2, 0) is 12.3 Å². The Bertz CT molecular complexity index is 582. The summed E-state index contributed by atoms with van der Waals surface area (Å²) in [7, 11) is 0. The molecule has 0 aliphatic rings. The number of benzene rings is 1. The van der Waals surface area contributed by atoms with Gasteiger partial charge < -0.3 is 9.63 Å². The van der Waals surface area contributed by atoms with Crippen LogP contribution < -0.4 is 0 Å². The molecule has 1 heterocycles. The number of aliphatic hydroxyl groups is 1. The molecule has 0 aliphatic carbocycles. The number of rotatable bonds is 3. The summed E-state index contributed by atoms with van der Waals surface area (Å²) in [5, 5.41) is 13.9. The number of nitrogens with zero attached hydrogens (tertiary/aromatic N) is 1. The van der Waals surface area contributed by atoms with Crippen LogP contribution in [0, 0.1) is 6.92 Å². The first kappa shape index (κ1) is 14.0. The van der Waals surface area contributed by atoms with Gasteiger partial charge in [-0.25, -0.2) is 4.39 Å². The normalized spacial score (nSPS) is 11.9. The molecule has 1 aromatic heterocycles. The third kappa shape index (κ3) is 2.51. The monoisotopic (exact) mass is 283 g/mol. The molecule has 0 radical (unpaired) electrons. The highest BCUT2D eigenvalue weighted by Gasteiger charge is 2.31. The number of hydrogen-bond donors (Lipinski definition) is 1. The van der Waals surface area contributed by atoms with Crippen LogP contribution in [-0.4, -0.2) is 10.3 Å². The van der Waals surface area contributed by atoms with Gasteiger partial charge in [-0.2, -0.15) is 0 Å². The summed E-state index contributed by atoms with van der Waals surface area (Å²) in [4.78, 5) is 0. The van der Waals surface area contributed by atoms with E-state index in [0.717, 1.165) is 5.56 Å². The van der Waals surface area contributed by atoms with Gasteiger partial charge in [0.25, 0.3) is 0 Å². The van der Waals surface area contributed by atoms with Crippen molar-refractivity contribution < 1.29 is 14.0 Å². The maximum Gasteiger partial charge on any atom is 0.179 e. The topological polar surface area (TPSA) is 46.3 Å². The first-order chi connectivity index (χ1) is 8.86. The minimum absolute atomic E-state index is 0.0318. The largest absolute Gasteiger partial charge is 0.391 e. The van der Waals surface area contributed by atoms with E-state index in [-0.39, 0.29) is 12.4 Å². The third-order valence-corrected chi connectivity index (χ3v) is 3.26. The summed E-state index contributed by atoms with van der Waals surface area (Å²) in [5.74, 6) is 0.0318. The highest BCUT2D eigenvalue weighted by atomic mass is 35.5. The van der Waals surface area contributed by atoms with Crippen LogP contribution in [0.2, 0.25) is 5.02 Å². The summed E-state index contributed by atoms with van der Waals surface area (Å²) >= 11 is 6.16. The van der Waals surface area contributed by atoms with Gasteiger partial charge in [0.15, 0.2) is 11.4 Å². The van der Waals surface area contributed by atoms with E-state index in [1.54, 1.807) is 6.07 Å². The van der Waals surface area contributed by atoms with E-state index in [4.69, 9.17) is 16.1 Å². The van der Waals surface area contributed by atoms with Crippen molar-refractivity contribution in [2.24, 2.45) is 0 Å². The highest BCUT2D eigenvalue weighted by Crippen LogP contribution is 2.38. The Kier molecular flexibility index (Phi) is 3.65. The van der Waals surface area contributed by atoms with E-state index in [9.17, 15) is 9.50 Å². The minimum Gasteiger partial charge on any atom is -0.391 e. The maximum absolute atomic E-state index is 14.0. The van der Waals surface area contributed by atoms with Gasteiger partial charge >= 0.3 is 0 Å². The smallest absolute Gasteiger partial charge is 0.179 e. The van der Waals surface area contributed by atoms with Gasteiger partial charge in [0.05, 0.1) is 17.2 Å². The summed E-state index contributed by atoms with van der Waals surface area (Å²) in [5.41, 5.74) is 0.569. The predicted molar refractivity (Wildman–Crippen MR) is 71.7 cm³/mol. The summed E-state index contributed by atoms with van der Waals surface area (Å²) in [6.07, 6.45) is 0. The van der Waals surface area contributed by atoms with E-state index in [2.05, 4.69) is 5.16 Å². The Morgan fingerprint density at radius 2 is 2.11 bits per heavy atom. The molecule has 0 unspecified atom stereocenters. The van der Waals surface area contributed by atoms with Gasteiger partial charge in [-0.1, -0.05) is 28.9 Å². The average molecular weight is 284 g/mol. The van der Waals surface area contributed by atoms with Crippen LogP contribution in [0.1, 0.15) is 30.7 Å². The fourth-order valence-electron chi connectivity index (χ4n) is 2.05. The Morgan fingerprint density at radius 1 is 1.42 bits per heavy atom. The molecule has 0 spiro atoms. The molecule has 1 N–H and O–H groups in total. The quantitative estimate of drug-likeness (QED) is 0.926. The van der Waals surface area contributed by atoms with Crippen molar-refractivity contribution in [3.63, 3.8) is 0 Å². The van der Waals surface area contributed by atoms with E-state index >= 15 is 0 Å². The van der Waals surface area contributed by atoms with Crippen molar-refractivity contribution in [3.8, 4) is 11.3 Å². The van der Waals surface area contributed by atoms with Crippen molar-refractivity contribution in [2.75, 3.05) is 0 Å². The van der Waals surface area contributed by atoms with Gasteiger partial charge in [0.1, 0.15) is 5.69 Å². The van der Waals surface area contributed by atoms with Gasteiger partial charge in [-0.3, -0.25) is 0 Å². The number of aryl methyl sites for hydroxylation is 1. The lowest BCUT2D eigenvalue weighted by atomic mass is 9.97. The molecule has 0 fully saturated rings. The van der Waals surface area contributed by atoms with E-state index < -0.39 is 5.67 Å². The van der Waals surface area contributed by atoms with Gasteiger partial charge in [-0.05, 0) is 32.4 Å². The fourth-order valence-corrected chi connectivity index (χ4v) is 2.36. The molecule has 2 rings (SSSR count). The van der Waals surface area contributed by atoms with Crippen LogP contribution in [0.3, 0.4) is 0 Å². The molecule has 5 heteroatoms. The van der Waals surface area contributed by atoms with Crippen LogP contribution in [0.5, 0.6) is 0 Å². The molecule has 0 atom stereocenters. The lowest BCUT2D eigenvalue weighted by molar-refractivity contribution is 0.156. The van der Waals surface area contributed by atoms with Crippen molar-refractivity contribution in [3.05, 3.63) is 40.1 Å². The molecule has 0 saturated heterocycles. The van der Waals surface area contributed by atoms with Crippen molar-refractivity contribution in [2.45, 2.75) is 33.0 Å². The molecule has 102 valence electrons. The van der Waals surface area contributed by atoms with E-state index in [1.807, 2.05) is 19.1 Å². The Balaban J connectivity index is 2.68. The molecule has 0 aliphatic heterocycles. The second kappa shape index (κ2) is 4.94. The molecular weight excluding hydrogens is 269 g/mol. The zero-order chi connectivity index (χ0) is 14.2. The Morgan fingerprint density at radius 3 is 2.63 bits per heavy atom. The number of alkyl halides is 1. The number of aliphatic hydroxyl groups excluding tert-OH is 1. The van der Waals surface area contributed by atoms with Crippen LogP contribution in [0.4, 0.5) is 4.39 Å². The van der Waals surface area contributed by atoms with Gasteiger partial charge in [0.2, 0.25) is 0 Å². The van der Waals surface area contributed by atoms with Gasteiger partial charge in [0, 0.05) is 5.56 Å². The summed E-state index contributed by atoms with van der Waals surface area (Å²) < 4.78 is 19.1. The molecule has 3 nitrogen and oxygen atoms in total. The summed E-state index contributed by atoms with van der Waals surface area (Å²) in [6.45, 7) is 4.23. The number of halogens is 2. The van der Waals surface area contributed by atoms with Crippen LogP contribution in [0.25, 0.3) is 11.3 Å². The van der Waals surface area contributed by atoms with Crippen molar-refractivity contribution in [1.82, 2.24) is 5.16 Å². The predicted octanol–water partition coefficient (Wildman–Crippen LogP) is 4.00. The highest BCUT2D eigenvalue weighted by molar-refractivity contribution is 6.33. The Labute approximate surface area is 116 Å². The van der Waals surface area contributed by atoms with Crippen LogP contribution in [0.15, 0.2) is 22.7 Å². The first-order valence-corrected chi connectivity index (χ1v) is 6.28. The molecular formula is C14H15ClFNO2. The molecule has 0 bridgehead atoms. The molecule has 19 heavy (non-hydrogen) atoms. The van der Waals surface area contributed by atoms with Crippen LogP contribution >= 0.6 is 11.6 Å². The second-order valence-electron chi connectivity index (χ2n) is 4.90. The third-order valence-electron chi connectivity index (χ3n) is 2.94. The first-order valence-electron chi connectivity index (χ1n) is 5.90. The average Bonchev–Trinajstić information content (AvgIpc) is 2.72. The molecule has 1 aromatic carbocycles. The number of aromatic nitrogens is 1. The van der Waals surface area contributed by atoms with Gasteiger partial charge in [-0.15, -0.1) is 0 Å². The van der Waals surface area contributed by atoms with E-state index in [1.165, 1.54) is 13.8 Å². The van der Waals surface area contributed by atoms with E-state index in [0.29, 0.717) is 21.8 Å². The number of hydrogen-bond acceptors (Lipinski definition) is 3. The van der Waals surface area contributed by atoms with Crippen molar-refractivity contribution >= 4 is 11.6 Å². The summed E-state index contributed by atoms with van der Waals surface area (Å²) in [6, 6.07) is 5.41. The standard InChI is InChI=1S/C14H15ClFNO2/c1-8-5-4-6-10(15)11(8)12-9(7-18)13(19-17-12)14(2,3)16/h4-6,18H,7H2,1-3H3.